The molecule has 0 unspecified atom stereocenters. The number of carboxylic acid groups (broad SMARTS) is 1. The normalized spacial score (nSPS) is 11.7. The van der Waals surface area contributed by atoms with E-state index in [9.17, 15) is 13.2 Å². The fourth-order valence-corrected chi connectivity index (χ4v) is 3.81. The molecule has 0 saturated heterocycles. The number of rotatable bonds is 7. The van der Waals surface area contributed by atoms with E-state index in [0.717, 1.165) is 11.3 Å². The zero-order chi connectivity index (χ0) is 13.8. The monoisotopic (exact) mass is 293 g/mol. The average Bonchev–Trinajstić information content (AvgIpc) is 2.68. The molecule has 6 nitrogen and oxygen atoms in total. The summed E-state index contributed by atoms with van der Waals surface area (Å²) in [6.07, 6.45) is 1.05. The van der Waals surface area contributed by atoms with E-state index in [1.165, 1.54) is 6.07 Å². The Hall–Kier alpha value is -0.960. The number of nitrogens with one attached hydrogen (secondary N) is 1. The van der Waals surface area contributed by atoms with Gasteiger partial charge in [0.2, 0.25) is 10.0 Å². The van der Waals surface area contributed by atoms with Crippen LogP contribution in [-0.4, -0.2) is 37.8 Å². The Morgan fingerprint density at radius 2 is 2.11 bits per heavy atom. The first-order valence-electron chi connectivity index (χ1n) is 5.32. The van der Waals surface area contributed by atoms with Crippen molar-refractivity contribution in [3.8, 4) is 0 Å². The van der Waals surface area contributed by atoms with Gasteiger partial charge in [-0.1, -0.05) is 0 Å². The van der Waals surface area contributed by atoms with Gasteiger partial charge in [-0.25, -0.2) is 17.9 Å². The molecule has 0 aliphatic heterocycles. The summed E-state index contributed by atoms with van der Waals surface area (Å²) >= 11 is 0.739. The predicted octanol–water partition coefficient (Wildman–Crippen LogP) is 0.806. The highest BCUT2D eigenvalue weighted by molar-refractivity contribution is 7.91. The van der Waals surface area contributed by atoms with Crippen LogP contribution in [0.4, 0.5) is 0 Å². The number of hydrogen-bond donors (Lipinski definition) is 3. The van der Waals surface area contributed by atoms with E-state index in [4.69, 9.17) is 10.2 Å². The van der Waals surface area contributed by atoms with Gasteiger partial charge in [0, 0.05) is 13.2 Å². The first kappa shape index (κ1) is 15.1. The second-order valence-corrected chi connectivity index (χ2v) is 6.76. The summed E-state index contributed by atoms with van der Waals surface area (Å²) < 4.78 is 26.0. The topological polar surface area (TPSA) is 104 Å². The van der Waals surface area contributed by atoms with Gasteiger partial charge in [-0.15, -0.1) is 11.3 Å². The van der Waals surface area contributed by atoms with Crippen molar-refractivity contribution in [3.63, 3.8) is 0 Å². The maximum Gasteiger partial charge on any atom is 0.346 e. The molecule has 1 aromatic rings. The summed E-state index contributed by atoms with van der Waals surface area (Å²) in [7, 11) is -3.65. The van der Waals surface area contributed by atoms with Gasteiger partial charge in [-0.3, -0.25) is 0 Å². The fourth-order valence-electron chi connectivity index (χ4n) is 1.31. The van der Waals surface area contributed by atoms with Crippen LogP contribution < -0.4 is 4.72 Å². The van der Waals surface area contributed by atoms with E-state index in [2.05, 4.69) is 4.72 Å². The molecule has 1 heterocycles. The minimum absolute atomic E-state index is 0.00129. The van der Waals surface area contributed by atoms with E-state index in [-0.39, 0.29) is 22.2 Å². The maximum atomic E-state index is 11.8. The number of carbonyl (C=O) groups is 1. The molecule has 0 spiro atoms. The van der Waals surface area contributed by atoms with Gasteiger partial charge in [0.15, 0.2) is 0 Å². The van der Waals surface area contributed by atoms with Gasteiger partial charge in [0.05, 0.1) is 0 Å². The summed E-state index contributed by atoms with van der Waals surface area (Å²) in [5.74, 6) is -1.13. The molecule has 0 bridgehead atoms. The van der Waals surface area contributed by atoms with Crippen LogP contribution in [-0.2, 0) is 10.0 Å². The second kappa shape index (κ2) is 6.28. The predicted molar refractivity (Wildman–Crippen MR) is 67.5 cm³/mol. The number of aliphatic hydroxyl groups excluding tert-OH is 1. The van der Waals surface area contributed by atoms with Gasteiger partial charge < -0.3 is 10.2 Å². The summed E-state index contributed by atoms with van der Waals surface area (Å²) in [6.45, 7) is 1.80. The highest BCUT2D eigenvalue weighted by atomic mass is 32.2. The van der Waals surface area contributed by atoms with Gasteiger partial charge in [-0.2, -0.15) is 0 Å². The minimum Gasteiger partial charge on any atom is -0.477 e. The van der Waals surface area contributed by atoms with Crippen molar-refractivity contribution in [3.05, 3.63) is 16.5 Å². The number of unbranched alkanes of at least 4 members (excludes halogenated alkanes) is 1. The second-order valence-electron chi connectivity index (χ2n) is 3.71. The molecule has 3 N–H and O–H groups in total. The Kier molecular flexibility index (Phi) is 5.27. The first-order valence-corrected chi connectivity index (χ1v) is 7.62. The Labute approximate surface area is 109 Å². The zero-order valence-corrected chi connectivity index (χ0v) is 11.5. The van der Waals surface area contributed by atoms with E-state index in [1.54, 1.807) is 6.92 Å². The molecule has 18 heavy (non-hydrogen) atoms. The molecule has 0 saturated carbocycles. The van der Waals surface area contributed by atoms with Crippen molar-refractivity contribution in [2.75, 3.05) is 13.2 Å². The lowest BCUT2D eigenvalue weighted by Crippen LogP contribution is -2.24. The lowest BCUT2D eigenvalue weighted by molar-refractivity contribution is 0.0701. The van der Waals surface area contributed by atoms with Crippen molar-refractivity contribution < 1.29 is 23.4 Å². The van der Waals surface area contributed by atoms with Gasteiger partial charge in [-0.05, 0) is 31.4 Å². The molecule has 8 heteroatoms. The summed E-state index contributed by atoms with van der Waals surface area (Å²) in [4.78, 5) is 10.9. The number of hydrogen-bond acceptors (Lipinski definition) is 5. The van der Waals surface area contributed by atoms with Crippen LogP contribution in [0.15, 0.2) is 10.3 Å². The largest absolute Gasteiger partial charge is 0.477 e. The van der Waals surface area contributed by atoms with E-state index in [1.807, 2.05) is 0 Å². The Bertz CT molecular complexity index is 520. The van der Waals surface area contributed by atoms with Crippen molar-refractivity contribution in [1.82, 2.24) is 4.72 Å². The highest BCUT2D eigenvalue weighted by Gasteiger charge is 2.21. The third-order valence-electron chi connectivity index (χ3n) is 2.23. The molecule has 0 aliphatic carbocycles. The number of aryl methyl sites for hydroxylation is 1. The molecule has 1 rings (SSSR count). The molecule has 0 atom stereocenters. The number of sulfonamides is 1. The number of carboxylic acids is 1. The minimum atomic E-state index is -3.65. The third-order valence-corrected chi connectivity index (χ3v) is 5.39. The quantitative estimate of drug-likeness (QED) is 0.645. The van der Waals surface area contributed by atoms with Crippen molar-refractivity contribution in [2.45, 2.75) is 24.0 Å². The smallest absolute Gasteiger partial charge is 0.346 e. The standard InChI is InChI=1S/C10H15NO5S2/c1-7-6-8(17-9(7)10(13)14)18(15,16)11-4-2-3-5-12/h6,11-12H,2-5H2,1H3,(H,13,14). The van der Waals surface area contributed by atoms with Crippen LogP contribution in [0.2, 0.25) is 0 Å². The van der Waals surface area contributed by atoms with Crippen molar-refractivity contribution in [1.29, 1.82) is 0 Å². The SMILES string of the molecule is Cc1cc(S(=O)(=O)NCCCCO)sc1C(=O)O. The lowest BCUT2D eigenvalue weighted by Gasteiger charge is -2.03. The molecule has 0 aromatic carbocycles. The fraction of sp³-hybridized carbons (Fsp3) is 0.500. The first-order chi connectivity index (χ1) is 8.38. The summed E-state index contributed by atoms with van der Waals surface area (Å²) in [5.41, 5.74) is 0.434. The Morgan fingerprint density at radius 1 is 1.44 bits per heavy atom. The third kappa shape index (κ3) is 3.77. The number of aliphatic hydroxyl groups is 1. The van der Waals surface area contributed by atoms with E-state index in [0.29, 0.717) is 18.4 Å². The Balaban J connectivity index is 2.79. The van der Waals surface area contributed by atoms with Crippen LogP contribution in [0.25, 0.3) is 0 Å². The van der Waals surface area contributed by atoms with Gasteiger partial charge in [0.25, 0.3) is 0 Å². The van der Waals surface area contributed by atoms with Crippen molar-refractivity contribution >= 4 is 27.3 Å². The van der Waals surface area contributed by atoms with Crippen LogP contribution in [0, 0.1) is 6.92 Å². The average molecular weight is 293 g/mol. The van der Waals surface area contributed by atoms with Gasteiger partial charge >= 0.3 is 5.97 Å². The molecular weight excluding hydrogens is 278 g/mol. The van der Waals surface area contributed by atoms with Gasteiger partial charge in [0.1, 0.15) is 9.09 Å². The molecule has 0 amide bonds. The van der Waals surface area contributed by atoms with E-state index < -0.39 is 16.0 Å². The molecule has 0 fully saturated rings. The molecule has 1 aromatic heterocycles. The van der Waals surface area contributed by atoms with Crippen LogP contribution in [0.5, 0.6) is 0 Å². The zero-order valence-electron chi connectivity index (χ0n) is 9.84. The lowest BCUT2D eigenvalue weighted by atomic mass is 10.3. The number of thiophene rings is 1. The molecule has 0 radical (unpaired) electrons. The highest BCUT2D eigenvalue weighted by Crippen LogP contribution is 2.25. The van der Waals surface area contributed by atoms with Crippen LogP contribution >= 0.6 is 11.3 Å². The molecule has 102 valence electrons. The van der Waals surface area contributed by atoms with Crippen molar-refractivity contribution in [2.24, 2.45) is 0 Å². The maximum absolute atomic E-state index is 11.8. The molecular formula is C10H15NO5S2. The molecule has 0 aliphatic rings. The van der Waals surface area contributed by atoms with Crippen LogP contribution in [0.3, 0.4) is 0 Å². The number of aromatic carboxylic acids is 1. The van der Waals surface area contributed by atoms with Crippen LogP contribution in [0.1, 0.15) is 28.1 Å². The summed E-state index contributed by atoms with van der Waals surface area (Å²) in [6, 6.07) is 1.35. The van der Waals surface area contributed by atoms with E-state index >= 15 is 0 Å². The Morgan fingerprint density at radius 3 is 2.61 bits per heavy atom. The summed E-state index contributed by atoms with van der Waals surface area (Å²) in [5, 5.41) is 17.4.